The molecule has 1 atom stereocenters. The Kier molecular flexibility index (Phi) is 3.45. The van der Waals surface area contributed by atoms with Gasteiger partial charge in [-0.25, -0.2) is 0 Å². The zero-order valence-corrected chi connectivity index (χ0v) is 11.2. The van der Waals surface area contributed by atoms with Gasteiger partial charge < -0.3 is 5.11 Å². The lowest BCUT2D eigenvalue weighted by atomic mass is 9.59. The molecule has 0 radical (unpaired) electrons. The molecule has 1 aliphatic carbocycles. The van der Waals surface area contributed by atoms with Gasteiger partial charge in [0.2, 0.25) is 0 Å². The largest absolute Gasteiger partial charge is 0.388 e. The second-order valence-corrected chi connectivity index (χ2v) is 5.27. The van der Waals surface area contributed by atoms with E-state index in [1.807, 2.05) is 32.0 Å². The third-order valence-electron chi connectivity index (χ3n) is 4.63. The SMILES string of the molecule is CCC(O)(CC)C1(C#N)CCCc2ccccc21. The molecule has 18 heavy (non-hydrogen) atoms. The van der Waals surface area contributed by atoms with Gasteiger partial charge in [0.25, 0.3) is 0 Å². The van der Waals surface area contributed by atoms with Crippen molar-refractivity contribution in [3.8, 4) is 6.07 Å². The number of aryl methyl sites for hydroxylation is 1. The van der Waals surface area contributed by atoms with Crippen molar-refractivity contribution in [3.63, 3.8) is 0 Å². The summed E-state index contributed by atoms with van der Waals surface area (Å²) in [5.74, 6) is 0. The number of rotatable bonds is 3. The van der Waals surface area contributed by atoms with Crippen LogP contribution in [0.1, 0.15) is 50.7 Å². The summed E-state index contributed by atoms with van der Waals surface area (Å²) in [6.07, 6.45) is 3.99. The molecule has 0 bridgehead atoms. The first-order valence-corrected chi connectivity index (χ1v) is 6.85. The molecule has 0 saturated heterocycles. The summed E-state index contributed by atoms with van der Waals surface area (Å²) in [4.78, 5) is 0. The van der Waals surface area contributed by atoms with E-state index < -0.39 is 11.0 Å². The fourth-order valence-electron chi connectivity index (χ4n) is 3.39. The summed E-state index contributed by atoms with van der Waals surface area (Å²) in [6.45, 7) is 3.94. The fraction of sp³-hybridized carbons (Fsp3) is 0.562. The number of benzene rings is 1. The van der Waals surface area contributed by atoms with Gasteiger partial charge >= 0.3 is 0 Å². The van der Waals surface area contributed by atoms with Crippen LogP contribution in [0.4, 0.5) is 0 Å². The third-order valence-corrected chi connectivity index (χ3v) is 4.63. The lowest BCUT2D eigenvalue weighted by molar-refractivity contribution is -0.0310. The molecule has 2 nitrogen and oxygen atoms in total. The summed E-state index contributed by atoms with van der Waals surface area (Å²) in [7, 11) is 0. The van der Waals surface area contributed by atoms with Crippen molar-refractivity contribution in [2.75, 3.05) is 0 Å². The standard InChI is InChI=1S/C16H21NO/c1-3-16(18,4-2)15(12-17)11-7-9-13-8-5-6-10-14(13)15/h5-6,8,10,18H,3-4,7,9,11H2,1-2H3. The number of hydrogen-bond donors (Lipinski definition) is 1. The molecule has 1 aromatic carbocycles. The van der Waals surface area contributed by atoms with Crippen molar-refractivity contribution >= 4 is 0 Å². The molecule has 1 N–H and O–H groups in total. The van der Waals surface area contributed by atoms with Crippen molar-refractivity contribution in [1.82, 2.24) is 0 Å². The van der Waals surface area contributed by atoms with Crippen LogP contribution in [-0.2, 0) is 11.8 Å². The average molecular weight is 243 g/mol. The van der Waals surface area contributed by atoms with Crippen molar-refractivity contribution in [1.29, 1.82) is 5.26 Å². The molecule has 1 unspecified atom stereocenters. The molecule has 2 rings (SSSR count). The number of fused-ring (bicyclic) bond motifs is 1. The highest BCUT2D eigenvalue weighted by Gasteiger charge is 2.51. The smallest absolute Gasteiger partial charge is 0.111 e. The van der Waals surface area contributed by atoms with Crippen LogP contribution in [0.2, 0.25) is 0 Å². The van der Waals surface area contributed by atoms with Crippen molar-refractivity contribution < 1.29 is 5.11 Å². The Morgan fingerprint density at radius 2 is 2.00 bits per heavy atom. The van der Waals surface area contributed by atoms with E-state index in [2.05, 4.69) is 12.1 Å². The van der Waals surface area contributed by atoms with Crippen LogP contribution < -0.4 is 0 Å². The highest BCUT2D eigenvalue weighted by atomic mass is 16.3. The second kappa shape index (κ2) is 4.74. The van der Waals surface area contributed by atoms with E-state index in [-0.39, 0.29) is 0 Å². The van der Waals surface area contributed by atoms with E-state index in [9.17, 15) is 10.4 Å². The first kappa shape index (κ1) is 13.1. The molecule has 0 aliphatic heterocycles. The van der Waals surface area contributed by atoms with Gasteiger partial charge in [0, 0.05) is 0 Å². The van der Waals surface area contributed by atoms with Gasteiger partial charge in [0.1, 0.15) is 5.41 Å². The maximum Gasteiger partial charge on any atom is 0.111 e. The molecular weight excluding hydrogens is 222 g/mol. The summed E-state index contributed by atoms with van der Waals surface area (Å²) >= 11 is 0. The normalized spacial score (nSPS) is 23.2. The number of nitriles is 1. The summed E-state index contributed by atoms with van der Waals surface area (Å²) < 4.78 is 0. The molecular formula is C16H21NO. The maximum atomic E-state index is 10.9. The third kappa shape index (κ3) is 1.66. The van der Waals surface area contributed by atoms with E-state index in [1.165, 1.54) is 5.56 Å². The second-order valence-electron chi connectivity index (χ2n) is 5.27. The van der Waals surface area contributed by atoms with Crippen LogP contribution in [0.3, 0.4) is 0 Å². The summed E-state index contributed by atoms with van der Waals surface area (Å²) in [6, 6.07) is 10.6. The number of hydrogen-bond acceptors (Lipinski definition) is 2. The van der Waals surface area contributed by atoms with E-state index in [0.717, 1.165) is 24.8 Å². The van der Waals surface area contributed by atoms with Gasteiger partial charge in [-0.1, -0.05) is 38.1 Å². The molecule has 0 spiro atoms. The molecule has 0 heterocycles. The monoisotopic (exact) mass is 243 g/mol. The Morgan fingerprint density at radius 3 is 2.61 bits per heavy atom. The Bertz CT molecular complexity index is 470. The van der Waals surface area contributed by atoms with Gasteiger partial charge in [-0.15, -0.1) is 0 Å². The Morgan fingerprint density at radius 1 is 1.33 bits per heavy atom. The minimum absolute atomic E-state index is 0.616. The number of aliphatic hydroxyl groups is 1. The topological polar surface area (TPSA) is 44.0 Å². The lowest BCUT2D eigenvalue weighted by Crippen LogP contribution is -2.52. The fourth-order valence-corrected chi connectivity index (χ4v) is 3.39. The van der Waals surface area contributed by atoms with Crippen molar-refractivity contribution in [3.05, 3.63) is 35.4 Å². The minimum Gasteiger partial charge on any atom is -0.388 e. The van der Waals surface area contributed by atoms with E-state index in [0.29, 0.717) is 12.8 Å². The van der Waals surface area contributed by atoms with Gasteiger partial charge in [0.15, 0.2) is 0 Å². The van der Waals surface area contributed by atoms with E-state index >= 15 is 0 Å². The van der Waals surface area contributed by atoms with E-state index in [4.69, 9.17) is 0 Å². The van der Waals surface area contributed by atoms with Crippen LogP contribution in [0.5, 0.6) is 0 Å². The van der Waals surface area contributed by atoms with Crippen LogP contribution in [-0.4, -0.2) is 10.7 Å². The molecule has 0 fully saturated rings. The van der Waals surface area contributed by atoms with Gasteiger partial charge in [-0.05, 0) is 43.2 Å². The lowest BCUT2D eigenvalue weighted by Gasteiger charge is -2.45. The molecule has 0 saturated carbocycles. The van der Waals surface area contributed by atoms with Crippen LogP contribution in [0.25, 0.3) is 0 Å². The molecule has 1 aromatic rings. The van der Waals surface area contributed by atoms with Crippen LogP contribution >= 0.6 is 0 Å². The molecule has 96 valence electrons. The van der Waals surface area contributed by atoms with Crippen LogP contribution in [0, 0.1) is 11.3 Å². The zero-order valence-electron chi connectivity index (χ0n) is 11.2. The first-order chi connectivity index (χ1) is 8.63. The zero-order chi connectivity index (χ0) is 13.2. The molecule has 2 heteroatoms. The highest BCUT2D eigenvalue weighted by molar-refractivity contribution is 5.44. The Balaban J connectivity index is 2.63. The van der Waals surface area contributed by atoms with Crippen LogP contribution in [0.15, 0.2) is 24.3 Å². The molecule has 0 aromatic heterocycles. The van der Waals surface area contributed by atoms with Crippen molar-refractivity contribution in [2.45, 2.75) is 57.0 Å². The molecule has 0 amide bonds. The predicted molar refractivity (Wildman–Crippen MR) is 72.2 cm³/mol. The average Bonchev–Trinajstić information content (AvgIpc) is 2.45. The van der Waals surface area contributed by atoms with Gasteiger partial charge in [-0.3, -0.25) is 0 Å². The highest BCUT2D eigenvalue weighted by Crippen LogP contribution is 2.47. The first-order valence-electron chi connectivity index (χ1n) is 6.85. The maximum absolute atomic E-state index is 10.9. The van der Waals surface area contributed by atoms with Gasteiger partial charge in [-0.2, -0.15) is 5.26 Å². The summed E-state index contributed by atoms with van der Waals surface area (Å²) in [5.41, 5.74) is 0.624. The van der Waals surface area contributed by atoms with Gasteiger partial charge in [0.05, 0.1) is 11.7 Å². The van der Waals surface area contributed by atoms with E-state index in [1.54, 1.807) is 0 Å². The molecule has 1 aliphatic rings. The minimum atomic E-state index is -0.918. The quantitative estimate of drug-likeness (QED) is 0.885. The van der Waals surface area contributed by atoms with Crippen molar-refractivity contribution in [2.24, 2.45) is 0 Å². The Hall–Kier alpha value is -1.33. The summed E-state index contributed by atoms with van der Waals surface area (Å²) in [5, 5.41) is 20.7. The Labute approximate surface area is 109 Å². The number of nitrogens with zero attached hydrogens (tertiary/aromatic N) is 1. The predicted octanol–water partition coefficient (Wildman–Crippen LogP) is 3.34.